The minimum Gasteiger partial charge on any atom is -0.396 e. The molecule has 3 N–H and O–H groups in total. The van der Waals surface area contributed by atoms with Gasteiger partial charge in [-0.1, -0.05) is 6.07 Å². The topological polar surface area (TPSA) is 77.5 Å². The Balaban J connectivity index is 1.96. The third-order valence-electron chi connectivity index (χ3n) is 3.88. The van der Waals surface area contributed by atoms with Crippen molar-refractivity contribution in [1.82, 2.24) is 15.6 Å². The minimum absolute atomic E-state index is 0.0424. The molecule has 6 nitrogen and oxygen atoms in total. The van der Waals surface area contributed by atoms with Crippen molar-refractivity contribution in [2.45, 2.75) is 45.7 Å². The van der Waals surface area contributed by atoms with E-state index in [1.54, 1.807) is 0 Å². The van der Waals surface area contributed by atoms with Crippen molar-refractivity contribution < 1.29 is 9.90 Å². The maximum atomic E-state index is 11.9. The van der Waals surface area contributed by atoms with Crippen LogP contribution in [0.4, 0.5) is 10.6 Å². The van der Waals surface area contributed by atoms with E-state index in [1.165, 1.54) is 12.8 Å². The summed E-state index contributed by atoms with van der Waals surface area (Å²) in [4.78, 5) is 18.8. The smallest absolute Gasteiger partial charge is 0.315 e. The maximum absolute atomic E-state index is 11.9. The van der Waals surface area contributed by atoms with E-state index in [2.05, 4.69) is 20.5 Å². The molecule has 2 amide bonds. The number of aromatic nitrogens is 1. The molecule has 0 bridgehead atoms. The van der Waals surface area contributed by atoms with Crippen molar-refractivity contribution in [3.05, 3.63) is 23.4 Å². The van der Waals surface area contributed by atoms with Crippen LogP contribution in [0, 0.1) is 6.92 Å². The molecule has 6 heteroatoms. The second kappa shape index (κ2) is 7.98. The van der Waals surface area contributed by atoms with Crippen molar-refractivity contribution in [2.75, 3.05) is 24.6 Å². The predicted octanol–water partition coefficient (Wildman–Crippen LogP) is 1.56. The number of hydrogen-bond donors (Lipinski definition) is 3. The summed E-state index contributed by atoms with van der Waals surface area (Å²) in [5.74, 6) is 0.987. The fraction of sp³-hybridized carbons (Fsp3) is 0.625. The summed E-state index contributed by atoms with van der Waals surface area (Å²) in [7, 11) is 0. The summed E-state index contributed by atoms with van der Waals surface area (Å²) < 4.78 is 0. The molecule has 2 rings (SSSR count). The van der Waals surface area contributed by atoms with Crippen LogP contribution in [-0.4, -0.2) is 41.9 Å². The lowest BCUT2D eigenvalue weighted by Gasteiger charge is -2.21. The van der Waals surface area contributed by atoms with Gasteiger partial charge in [0.25, 0.3) is 0 Å². The molecule has 1 fully saturated rings. The number of urea groups is 1. The molecule has 0 radical (unpaired) electrons. The first-order chi connectivity index (χ1) is 10.6. The average Bonchev–Trinajstić information content (AvgIpc) is 3.00. The van der Waals surface area contributed by atoms with E-state index in [9.17, 15) is 4.79 Å². The van der Waals surface area contributed by atoms with Crippen LogP contribution >= 0.6 is 0 Å². The van der Waals surface area contributed by atoms with E-state index in [4.69, 9.17) is 5.11 Å². The molecular formula is C16H26N4O2. The van der Waals surface area contributed by atoms with Gasteiger partial charge < -0.3 is 20.6 Å². The summed E-state index contributed by atoms with van der Waals surface area (Å²) in [5, 5.41) is 14.5. The van der Waals surface area contributed by atoms with Gasteiger partial charge in [0.2, 0.25) is 0 Å². The lowest BCUT2D eigenvalue weighted by Crippen LogP contribution is -2.41. The first kappa shape index (κ1) is 16.5. The van der Waals surface area contributed by atoms with Gasteiger partial charge in [-0.3, -0.25) is 0 Å². The highest BCUT2D eigenvalue weighted by Crippen LogP contribution is 2.22. The van der Waals surface area contributed by atoms with Gasteiger partial charge in [-0.15, -0.1) is 0 Å². The zero-order valence-electron chi connectivity index (χ0n) is 13.4. The quantitative estimate of drug-likeness (QED) is 0.745. The van der Waals surface area contributed by atoms with Crippen molar-refractivity contribution in [2.24, 2.45) is 0 Å². The standard InChI is InChI=1S/C16H26N4O2/c1-12-5-6-14(15(18-12)20-8-3-4-9-20)11-17-16(22)19-13(2)7-10-21/h5-6,13,21H,3-4,7-11H2,1-2H3,(H2,17,19,22). The van der Waals surface area contributed by atoms with Gasteiger partial charge in [-0.05, 0) is 39.2 Å². The number of anilines is 1. The number of carbonyl (C=O) groups is 1. The third kappa shape index (κ3) is 4.59. The number of carbonyl (C=O) groups excluding carboxylic acids is 1. The second-order valence-electron chi connectivity index (χ2n) is 5.87. The normalized spacial score (nSPS) is 15.7. The molecule has 0 spiro atoms. The first-order valence-corrected chi connectivity index (χ1v) is 7.97. The summed E-state index contributed by atoms with van der Waals surface area (Å²) >= 11 is 0. The lowest BCUT2D eigenvalue weighted by molar-refractivity contribution is 0.230. The van der Waals surface area contributed by atoms with Crippen LogP contribution in [0.2, 0.25) is 0 Å². The predicted molar refractivity (Wildman–Crippen MR) is 87.0 cm³/mol. The van der Waals surface area contributed by atoms with Gasteiger partial charge in [0.15, 0.2) is 0 Å². The molecule has 1 aliphatic heterocycles. The highest BCUT2D eigenvalue weighted by molar-refractivity contribution is 5.74. The Hall–Kier alpha value is -1.82. The van der Waals surface area contributed by atoms with Crippen LogP contribution < -0.4 is 15.5 Å². The molecule has 0 saturated carbocycles. The van der Waals surface area contributed by atoms with Crippen LogP contribution in [0.5, 0.6) is 0 Å². The highest BCUT2D eigenvalue weighted by atomic mass is 16.3. The number of hydrogen-bond acceptors (Lipinski definition) is 4. The van der Waals surface area contributed by atoms with E-state index in [0.29, 0.717) is 13.0 Å². The largest absolute Gasteiger partial charge is 0.396 e. The molecule has 0 aromatic carbocycles. The Morgan fingerprint density at radius 1 is 1.41 bits per heavy atom. The van der Waals surface area contributed by atoms with Crippen LogP contribution in [0.15, 0.2) is 12.1 Å². The molecule has 1 aromatic heterocycles. The average molecular weight is 306 g/mol. The van der Waals surface area contributed by atoms with Crippen molar-refractivity contribution >= 4 is 11.8 Å². The summed E-state index contributed by atoms with van der Waals surface area (Å²) in [6.45, 7) is 6.45. The number of aliphatic hydroxyl groups is 1. The molecular weight excluding hydrogens is 280 g/mol. The molecule has 1 saturated heterocycles. The number of nitrogens with one attached hydrogen (secondary N) is 2. The van der Waals surface area contributed by atoms with Gasteiger partial charge in [0.05, 0.1) is 0 Å². The third-order valence-corrected chi connectivity index (χ3v) is 3.88. The number of amides is 2. The monoisotopic (exact) mass is 306 g/mol. The van der Waals surface area contributed by atoms with Crippen molar-refractivity contribution in [3.8, 4) is 0 Å². The number of aryl methyl sites for hydroxylation is 1. The molecule has 22 heavy (non-hydrogen) atoms. The maximum Gasteiger partial charge on any atom is 0.315 e. The summed E-state index contributed by atoms with van der Waals surface area (Å²) in [6, 6.07) is 3.75. The summed E-state index contributed by atoms with van der Waals surface area (Å²) in [6.07, 6.45) is 2.95. The van der Waals surface area contributed by atoms with Crippen LogP contribution in [-0.2, 0) is 6.54 Å². The number of aliphatic hydroxyl groups excluding tert-OH is 1. The molecule has 1 unspecified atom stereocenters. The molecule has 0 aliphatic carbocycles. The fourth-order valence-electron chi connectivity index (χ4n) is 2.63. The Morgan fingerprint density at radius 3 is 2.82 bits per heavy atom. The van der Waals surface area contributed by atoms with E-state index in [-0.39, 0.29) is 18.7 Å². The first-order valence-electron chi connectivity index (χ1n) is 7.97. The second-order valence-corrected chi connectivity index (χ2v) is 5.87. The van der Waals surface area contributed by atoms with Gasteiger partial charge in [0.1, 0.15) is 5.82 Å². The zero-order valence-corrected chi connectivity index (χ0v) is 13.4. The van der Waals surface area contributed by atoms with E-state index in [0.717, 1.165) is 30.2 Å². The minimum atomic E-state index is -0.214. The van der Waals surface area contributed by atoms with Crippen LogP contribution in [0.3, 0.4) is 0 Å². The molecule has 1 aromatic rings. The molecule has 1 atom stereocenters. The summed E-state index contributed by atoms with van der Waals surface area (Å²) in [5.41, 5.74) is 2.03. The fourth-order valence-corrected chi connectivity index (χ4v) is 2.63. The number of rotatable bonds is 6. The molecule has 2 heterocycles. The van der Waals surface area contributed by atoms with Gasteiger partial charge in [-0.2, -0.15) is 0 Å². The highest BCUT2D eigenvalue weighted by Gasteiger charge is 2.17. The van der Waals surface area contributed by atoms with Crippen LogP contribution in [0.1, 0.15) is 37.4 Å². The van der Waals surface area contributed by atoms with E-state index in [1.807, 2.05) is 26.0 Å². The Morgan fingerprint density at radius 2 is 2.14 bits per heavy atom. The lowest BCUT2D eigenvalue weighted by atomic mass is 10.2. The molecule has 1 aliphatic rings. The number of pyridine rings is 1. The molecule has 122 valence electrons. The zero-order chi connectivity index (χ0) is 15.9. The van der Waals surface area contributed by atoms with Crippen LogP contribution in [0.25, 0.3) is 0 Å². The Bertz CT molecular complexity index is 501. The van der Waals surface area contributed by atoms with Gasteiger partial charge in [-0.25, -0.2) is 9.78 Å². The van der Waals surface area contributed by atoms with E-state index >= 15 is 0 Å². The van der Waals surface area contributed by atoms with E-state index < -0.39 is 0 Å². The SMILES string of the molecule is Cc1ccc(CNC(=O)NC(C)CCO)c(N2CCCC2)n1. The van der Waals surface area contributed by atoms with Crippen molar-refractivity contribution in [3.63, 3.8) is 0 Å². The van der Waals surface area contributed by atoms with Gasteiger partial charge in [0, 0.05) is 43.5 Å². The Labute approximate surface area is 131 Å². The Kier molecular flexibility index (Phi) is 6.00. The van der Waals surface area contributed by atoms with Gasteiger partial charge >= 0.3 is 6.03 Å². The number of nitrogens with zero attached hydrogens (tertiary/aromatic N) is 2. The van der Waals surface area contributed by atoms with Crippen molar-refractivity contribution in [1.29, 1.82) is 0 Å².